The van der Waals surface area contributed by atoms with E-state index in [4.69, 9.17) is 9.47 Å². The Kier molecular flexibility index (Phi) is 3.82. The number of methoxy groups -OCH3 is 1. The molecule has 0 bridgehead atoms. The molecule has 0 N–H and O–H groups in total. The molecule has 0 aromatic heterocycles. The average molecular weight is 225 g/mol. The molecule has 6 heteroatoms. The number of nitro benzene ring substituents is 1. The minimum Gasteiger partial charge on any atom is -0.490 e. The van der Waals surface area contributed by atoms with Crippen LogP contribution in [0.15, 0.2) is 18.2 Å². The Labute approximate surface area is 91.9 Å². The first-order valence-corrected chi connectivity index (χ1v) is 4.49. The minimum absolute atomic E-state index is 0.0731. The molecule has 0 heterocycles. The number of benzene rings is 1. The van der Waals surface area contributed by atoms with E-state index in [-0.39, 0.29) is 18.0 Å². The number of ether oxygens (including phenoxy) is 2. The quantitative estimate of drug-likeness (QED) is 0.442. The molecule has 0 aliphatic rings. The number of nitro groups is 1. The molecule has 0 atom stereocenters. The van der Waals surface area contributed by atoms with Crippen molar-refractivity contribution in [2.75, 3.05) is 7.11 Å². The van der Waals surface area contributed by atoms with Crippen LogP contribution in [-0.2, 0) is 16.1 Å². The summed E-state index contributed by atoms with van der Waals surface area (Å²) in [5, 5.41) is 10.6. The zero-order valence-corrected chi connectivity index (χ0v) is 8.93. The lowest BCUT2D eigenvalue weighted by Gasteiger charge is -2.05. The zero-order chi connectivity index (χ0) is 12.1. The van der Waals surface area contributed by atoms with Crippen LogP contribution in [0, 0.1) is 10.1 Å². The third-order valence-electron chi connectivity index (χ3n) is 1.88. The highest BCUT2D eigenvalue weighted by molar-refractivity contribution is 5.66. The molecule has 1 aromatic rings. The number of carbonyl (C=O) groups excluding carboxylic acids is 1. The van der Waals surface area contributed by atoms with Crippen molar-refractivity contribution in [2.24, 2.45) is 0 Å². The van der Waals surface area contributed by atoms with Gasteiger partial charge in [-0.25, -0.2) is 0 Å². The van der Waals surface area contributed by atoms with Crippen LogP contribution in [0.25, 0.3) is 0 Å². The molecular formula is C10H11NO5. The second kappa shape index (κ2) is 5.11. The summed E-state index contributed by atoms with van der Waals surface area (Å²) in [5.41, 5.74) is 0.520. The van der Waals surface area contributed by atoms with Gasteiger partial charge in [-0.1, -0.05) is 0 Å². The van der Waals surface area contributed by atoms with E-state index >= 15 is 0 Å². The highest BCUT2D eigenvalue weighted by Crippen LogP contribution is 2.27. The van der Waals surface area contributed by atoms with Gasteiger partial charge in [0.1, 0.15) is 6.61 Å². The maximum atomic E-state index is 10.6. The van der Waals surface area contributed by atoms with Crippen LogP contribution < -0.4 is 4.74 Å². The summed E-state index contributed by atoms with van der Waals surface area (Å²) in [7, 11) is 1.35. The van der Waals surface area contributed by atoms with Gasteiger partial charge < -0.3 is 9.47 Å². The van der Waals surface area contributed by atoms with Gasteiger partial charge in [0.05, 0.1) is 12.0 Å². The van der Waals surface area contributed by atoms with Crippen molar-refractivity contribution in [3.63, 3.8) is 0 Å². The van der Waals surface area contributed by atoms with Crippen molar-refractivity contribution in [1.29, 1.82) is 0 Å². The van der Waals surface area contributed by atoms with Crippen LogP contribution in [0.3, 0.4) is 0 Å². The van der Waals surface area contributed by atoms with Gasteiger partial charge in [-0.05, 0) is 17.7 Å². The Morgan fingerprint density at radius 2 is 2.19 bits per heavy atom. The molecule has 0 amide bonds. The molecule has 0 spiro atoms. The molecule has 0 aliphatic heterocycles. The maximum Gasteiger partial charge on any atom is 0.310 e. The maximum absolute atomic E-state index is 10.6. The third kappa shape index (κ3) is 2.94. The Hall–Kier alpha value is -2.11. The first kappa shape index (κ1) is 12.0. The summed E-state index contributed by atoms with van der Waals surface area (Å²) in [4.78, 5) is 20.6. The van der Waals surface area contributed by atoms with Crippen LogP contribution in [0.5, 0.6) is 5.75 Å². The monoisotopic (exact) mass is 225 g/mol. The first-order chi connectivity index (χ1) is 7.54. The molecule has 0 unspecified atom stereocenters. The predicted octanol–water partition coefficient (Wildman–Crippen LogP) is 1.67. The third-order valence-corrected chi connectivity index (χ3v) is 1.88. The summed E-state index contributed by atoms with van der Waals surface area (Å²) in [6.45, 7) is 1.37. The number of nitrogens with zero attached hydrogens (tertiary/aromatic N) is 1. The summed E-state index contributed by atoms with van der Waals surface area (Å²) in [5.74, 6) is -0.257. The largest absolute Gasteiger partial charge is 0.490 e. The molecular weight excluding hydrogens is 214 g/mol. The van der Waals surface area contributed by atoms with E-state index in [9.17, 15) is 14.9 Å². The standard InChI is InChI=1S/C10H11NO5/c1-7(12)16-6-8-3-4-9(11(13)14)10(5-8)15-2/h3-5H,6H2,1-2H3. The van der Waals surface area contributed by atoms with Crippen LogP contribution in [0.2, 0.25) is 0 Å². The molecule has 86 valence electrons. The number of hydrogen-bond acceptors (Lipinski definition) is 5. The minimum atomic E-state index is -0.533. The summed E-state index contributed by atoms with van der Waals surface area (Å²) in [6, 6.07) is 4.31. The smallest absolute Gasteiger partial charge is 0.310 e. The molecule has 0 saturated heterocycles. The lowest BCUT2D eigenvalue weighted by Crippen LogP contribution is -2.00. The molecule has 0 saturated carbocycles. The molecule has 1 aromatic carbocycles. The Morgan fingerprint density at radius 1 is 1.50 bits per heavy atom. The zero-order valence-electron chi connectivity index (χ0n) is 8.93. The lowest BCUT2D eigenvalue weighted by atomic mass is 10.2. The van der Waals surface area contributed by atoms with Gasteiger partial charge >= 0.3 is 11.7 Å². The number of rotatable bonds is 4. The molecule has 0 fully saturated rings. The van der Waals surface area contributed by atoms with Gasteiger partial charge in [0.15, 0.2) is 5.75 Å². The fourth-order valence-electron chi connectivity index (χ4n) is 1.15. The first-order valence-electron chi connectivity index (χ1n) is 4.49. The molecule has 6 nitrogen and oxygen atoms in total. The molecule has 1 rings (SSSR count). The molecule has 16 heavy (non-hydrogen) atoms. The van der Waals surface area contributed by atoms with E-state index in [0.29, 0.717) is 5.56 Å². The lowest BCUT2D eigenvalue weighted by molar-refractivity contribution is -0.385. The Bertz CT molecular complexity index is 416. The van der Waals surface area contributed by atoms with E-state index in [1.54, 1.807) is 0 Å². The van der Waals surface area contributed by atoms with Crippen LogP contribution >= 0.6 is 0 Å². The van der Waals surface area contributed by atoms with E-state index in [1.165, 1.54) is 32.2 Å². The van der Waals surface area contributed by atoms with Gasteiger partial charge in [-0.15, -0.1) is 0 Å². The van der Waals surface area contributed by atoms with Crippen molar-refractivity contribution in [3.05, 3.63) is 33.9 Å². The average Bonchev–Trinajstić information content (AvgIpc) is 2.25. The second-order valence-electron chi connectivity index (χ2n) is 3.04. The topological polar surface area (TPSA) is 78.7 Å². The van der Waals surface area contributed by atoms with Crippen LogP contribution in [0.4, 0.5) is 5.69 Å². The second-order valence-corrected chi connectivity index (χ2v) is 3.04. The SMILES string of the molecule is COc1cc(COC(C)=O)ccc1[N+](=O)[O-]. The summed E-state index contributed by atoms with van der Waals surface area (Å²) >= 11 is 0. The fraction of sp³-hybridized carbons (Fsp3) is 0.300. The van der Waals surface area contributed by atoms with Gasteiger partial charge in [0.25, 0.3) is 0 Å². The normalized spacial score (nSPS) is 9.62. The summed E-state index contributed by atoms with van der Waals surface area (Å²) in [6.07, 6.45) is 0. The Balaban J connectivity index is 2.90. The Morgan fingerprint density at radius 3 is 2.69 bits per heavy atom. The van der Waals surface area contributed by atoms with Crippen molar-refractivity contribution < 1.29 is 19.2 Å². The van der Waals surface area contributed by atoms with Gasteiger partial charge in [0, 0.05) is 13.0 Å². The van der Waals surface area contributed by atoms with Gasteiger partial charge in [0.2, 0.25) is 0 Å². The van der Waals surface area contributed by atoms with Crippen molar-refractivity contribution >= 4 is 11.7 Å². The van der Waals surface area contributed by atoms with Gasteiger partial charge in [-0.3, -0.25) is 14.9 Å². The van der Waals surface area contributed by atoms with Crippen molar-refractivity contribution in [3.8, 4) is 5.75 Å². The van der Waals surface area contributed by atoms with E-state index in [0.717, 1.165) is 0 Å². The highest BCUT2D eigenvalue weighted by atomic mass is 16.6. The van der Waals surface area contributed by atoms with E-state index in [1.807, 2.05) is 0 Å². The van der Waals surface area contributed by atoms with E-state index in [2.05, 4.69) is 0 Å². The van der Waals surface area contributed by atoms with Crippen LogP contribution in [0.1, 0.15) is 12.5 Å². The molecule has 0 aliphatic carbocycles. The fourth-order valence-corrected chi connectivity index (χ4v) is 1.15. The van der Waals surface area contributed by atoms with Crippen molar-refractivity contribution in [2.45, 2.75) is 13.5 Å². The number of hydrogen-bond donors (Lipinski definition) is 0. The summed E-state index contributed by atoms with van der Waals surface area (Å²) < 4.78 is 9.64. The van der Waals surface area contributed by atoms with Gasteiger partial charge in [-0.2, -0.15) is 0 Å². The predicted molar refractivity (Wildman–Crippen MR) is 55.1 cm³/mol. The number of esters is 1. The van der Waals surface area contributed by atoms with Crippen molar-refractivity contribution in [1.82, 2.24) is 0 Å². The van der Waals surface area contributed by atoms with E-state index < -0.39 is 10.9 Å². The van der Waals surface area contributed by atoms with Crippen LogP contribution in [-0.4, -0.2) is 18.0 Å². The molecule has 0 radical (unpaired) electrons. The number of carbonyl (C=O) groups is 1. The highest BCUT2D eigenvalue weighted by Gasteiger charge is 2.14.